The lowest BCUT2D eigenvalue weighted by molar-refractivity contribution is -0.168. The van der Waals surface area contributed by atoms with Crippen molar-refractivity contribution in [2.45, 2.75) is 70.7 Å². The average Bonchev–Trinajstić information content (AvgIpc) is 2.77. The van der Waals surface area contributed by atoms with Gasteiger partial charge in [-0.2, -0.15) is 0 Å². The number of methoxy groups -OCH3 is 2. The third-order valence-corrected chi connectivity index (χ3v) is 5.36. The largest absolute Gasteiger partial charge is 0.469 e. The van der Waals surface area contributed by atoms with Gasteiger partial charge in [-0.25, -0.2) is 9.59 Å². The van der Waals surface area contributed by atoms with Crippen LogP contribution < -0.4 is 0 Å². The van der Waals surface area contributed by atoms with Crippen LogP contribution in [0.25, 0.3) is 0 Å². The van der Waals surface area contributed by atoms with Crippen molar-refractivity contribution in [3.8, 4) is 0 Å². The van der Waals surface area contributed by atoms with Gasteiger partial charge in [0.25, 0.3) is 0 Å². The molecule has 33 heavy (non-hydrogen) atoms. The van der Waals surface area contributed by atoms with Gasteiger partial charge in [0.05, 0.1) is 27.1 Å². The van der Waals surface area contributed by atoms with E-state index in [0.29, 0.717) is 12.8 Å². The van der Waals surface area contributed by atoms with Crippen molar-refractivity contribution in [3.63, 3.8) is 0 Å². The van der Waals surface area contributed by atoms with Crippen LogP contribution in [-0.4, -0.2) is 60.8 Å². The molecule has 0 aromatic heterocycles. The maximum absolute atomic E-state index is 13.3. The Bertz CT molecular complexity index is 833. The molecule has 2 rings (SSSR count). The number of esters is 3. The van der Waals surface area contributed by atoms with E-state index >= 15 is 0 Å². The topological polar surface area (TPSA) is 108 Å². The summed E-state index contributed by atoms with van der Waals surface area (Å²) in [7, 11) is 2.52. The molecule has 9 heteroatoms. The molecule has 0 N–H and O–H groups in total. The Morgan fingerprint density at radius 2 is 1.55 bits per heavy atom. The van der Waals surface area contributed by atoms with Crippen LogP contribution in [0, 0.1) is 5.92 Å². The zero-order chi connectivity index (χ0) is 24.6. The summed E-state index contributed by atoms with van der Waals surface area (Å²) >= 11 is 0. The Labute approximate surface area is 194 Å². The van der Waals surface area contributed by atoms with E-state index in [4.69, 9.17) is 18.9 Å². The summed E-state index contributed by atoms with van der Waals surface area (Å²) in [6, 6.07) is 7.34. The van der Waals surface area contributed by atoms with Gasteiger partial charge in [0, 0.05) is 12.0 Å². The molecule has 182 valence electrons. The van der Waals surface area contributed by atoms with Crippen molar-refractivity contribution in [2.24, 2.45) is 5.92 Å². The highest BCUT2D eigenvalue weighted by molar-refractivity contribution is 5.84. The van der Waals surface area contributed by atoms with Crippen molar-refractivity contribution in [1.82, 2.24) is 4.90 Å². The van der Waals surface area contributed by atoms with E-state index in [1.807, 2.05) is 18.2 Å². The SMILES string of the molecule is COC(=O)C[C@H]1CC[C@@H](CC(=O)OC)N(C(=O)OCc2ccccc2)[C@@H]1C(=O)OC(C)(C)C. The number of hydrogen-bond acceptors (Lipinski definition) is 8. The summed E-state index contributed by atoms with van der Waals surface area (Å²) in [6.45, 7) is 5.14. The van der Waals surface area contributed by atoms with E-state index in [0.717, 1.165) is 5.56 Å². The van der Waals surface area contributed by atoms with Crippen LogP contribution in [0.2, 0.25) is 0 Å². The van der Waals surface area contributed by atoms with Gasteiger partial charge in [-0.1, -0.05) is 30.3 Å². The number of nitrogens with zero attached hydrogens (tertiary/aromatic N) is 1. The summed E-state index contributed by atoms with van der Waals surface area (Å²) in [4.78, 5) is 51.8. The van der Waals surface area contributed by atoms with E-state index in [9.17, 15) is 19.2 Å². The molecule has 1 aromatic carbocycles. The first-order valence-electron chi connectivity index (χ1n) is 10.9. The molecule has 0 unspecified atom stereocenters. The molecule has 1 aliphatic rings. The summed E-state index contributed by atoms with van der Waals surface area (Å²) < 4.78 is 20.7. The molecule has 1 amide bonds. The lowest BCUT2D eigenvalue weighted by atomic mass is 9.82. The standard InChI is InChI=1S/C24H33NO8/c1-24(2,3)33-22(28)21-17(13-19(26)30-4)11-12-18(14-20(27)31-5)25(21)23(29)32-15-16-9-7-6-8-10-16/h6-10,17-18,21H,11-15H2,1-5H3/t17-,18+,21+/m1/s1. The van der Waals surface area contributed by atoms with E-state index in [1.165, 1.54) is 19.1 Å². The van der Waals surface area contributed by atoms with E-state index in [-0.39, 0.29) is 19.4 Å². The average molecular weight is 464 g/mol. The Morgan fingerprint density at radius 3 is 2.12 bits per heavy atom. The summed E-state index contributed by atoms with van der Waals surface area (Å²) in [5.74, 6) is -2.24. The lowest BCUT2D eigenvalue weighted by Crippen LogP contribution is -2.59. The molecule has 9 nitrogen and oxygen atoms in total. The normalized spacial score (nSPS) is 20.5. The monoisotopic (exact) mass is 463 g/mol. The van der Waals surface area contributed by atoms with Gasteiger partial charge in [0.15, 0.2) is 0 Å². The maximum Gasteiger partial charge on any atom is 0.411 e. The minimum absolute atomic E-state index is 0.0101. The third kappa shape index (κ3) is 7.76. The van der Waals surface area contributed by atoms with Crippen molar-refractivity contribution >= 4 is 24.0 Å². The highest BCUT2D eigenvalue weighted by Crippen LogP contribution is 2.34. The minimum atomic E-state index is -1.12. The predicted octanol–water partition coefficient (Wildman–Crippen LogP) is 3.24. The molecule has 1 aromatic rings. The second-order valence-corrected chi connectivity index (χ2v) is 8.98. The fourth-order valence-electron chi connectivity index (χ4n) is 3.87. The van der Waals surface area contributed by atoms with Crippen molar-refractivity contribution < 1.29 is 38.1 Å². The quantitative estimate of drug-likeness (QED) is 0.448. The lowest BCUT2D eigenvalue weighted by Gasteiger charge is -2.44. The van der Waals surface area contributed by atoms with Crippen LogP contribution in [0.4, 0.5) is 4.79 Å². The van der Waals surface area contributed by atoms with Gasteiger partial charge in [0.2, 0.25) is 0 Å². The van der Waals surface area contributed by atoms with Gasteiger partial charge in [-0.3, -0.25) is 14.5 Å². The Morgan fingerprint density at radius 1 is 0.939 bits per heavy atom. The first-order chi connectivity index (χ1) is 15.6. The number of carbonyl (C=O) groups excluding carboxylic acids is 4. The molecular weight excluding hydrogens is 430 g/mol. The molecule has 1 fully saturated rings. The van der Waals surface area contributed by atoms with Gasteiger partial charge >= 0.3 is 24.0 Å². The third-order valence-electron chi connectivity index (χ3n) is 5.36. The first-order valence-corrected chi connectivity index (χ1v) is 10.9. The molecule has 0 saturated carbocycles. The molecule has 0 bridgehead atoms. The summed E-state index contributed by atoms with van der Waals surface area (Å²) in [6.07, 6.45) is -0.146. The number of amides is 1. The van der Waals surface area contributed by atoms with Gasteiger partial charge < -0.3 is 18.9 Å². The van der Waals surface area contributed by atoms with Crippen LogP contribution in [0.3, 0.4) is 0 Å². The Kier molecular flexibility index (Phi) is 9.25. The fourth-order valence-corrected chi connectivity index (χ4v) is 3.87. The van der Waals surface area contributed by atoms with Crippen molar-refractivity contribution in [3.05, 3.63) is 35.9 Å². The molecule has 0 aliphatic carbocycles. The Hall–Kier alpha value is -3.10. The van der Waals surface area contributed by atoms with Gasteiger partial charge in [-0.05, 0) is 39.2 Å². The number of carbonyl (C=O) groups is 4. The van der Waals surface area contributed by atoms with Crippen molar-refractivity contribution in [1.29, 1.82) is 0 Å². The second-order valence-electron chi connectivity index (χ2n) is 8.98. The van der Waals surface area contributed by atoms with Crippen LogP contribution >= 0.6 is 0 Å². The minimum Gasteiger partial charge on any atom is -0.469 e. The van der Waals surface area contributed by atoms with Crippen LogP contribution in [0.1, 0.15) is 52.0 Å². The number of likely N-dealkylation sites (tertiary alicyclic amines) is 1. The summed E-state index contributed by atoms with van der Waals surface area (Å²) in [5, 5.41) is 0. The molecule has 0 radical (unpaired) electrons. The van der Waals surface area contributed by atoms with Gasteiger partial charge in [-0.15, -0.1) is 0 Å². The smallest absolute Gasteiger partial charge is 0.411 e. The summed E-state index contributed by atoms with van der Waals surface area (Å²) in [5.41, 5.74) is -0.0470. The number of rotatable bonds is 7. The number of ether oxygens (including phenoxy) is 4. The predicted molar refractivity (Wildman–Crippen MR) is 118 cm³/mol. The molecule has 0 spiro atoms. The van der Waals surface area contributed by atoms with Gasteiger partial charge in [0.1, 0.15) is 18.2 Å². The fraction of sp³-hybridized carbons (Fsp3) is 0.583. The number of hydrogen-bond donors (Lipinski definition) is 0. The molecular formula is C24H33NO8. The second kappa shape index (κ2) is 11.7. The highest BCUT2D eigenvalue weighted by Gasteiger charge is 2.47. The zero-order valence-corrected chi connectivity index (χ0v) is 19.9. The maximum atomic E-state index is 13.3. The molecule has 1 saturated heterocycles. The van der Waals surface area contributed by atoms with E-state index in [2.05, 4.69) is 0 Å². The van der Waals surface area contributed by atoms with Crippen LogP contribution in [-0.2, 0) is 39.9 Å². The Balaban J connectivity index is 2.37. The zero-order valence-electron chi connectivity index (χ0n) is 19.9. The molecule has 3 atom stereocenters. The molecule has 1 aliphatic heterocycles. The highest BCUT2D eigenvalue weighted by atomic mass is 16.6. The van der Waals surface area contributed by atoms with Crippen LogP contribution in [0.5, 0.6) is 0 Å². The van der Waals surface area contributed by atoms with Crippen molar-refractivity contribution in [2.75, 3.05) is 14.2 Å². The first kappa shape index (κ1) is 26.2. The van der Waals surface area contributed by atoms with Crippen LogP contribution in [0.15, 0.2) is 30.3 Å². The molecule has 1 heterocycles. The number of benzene rings is 1. The van der Waals surface area contributed by atoms with E-state index < -0.39 is 47.6 Å². The number of piperidine rings is 1. The van der Waals surface area contributed by atoms with E-state index in [1.54, 1.807) is 32.9 Å².